The van der Waals surface area contributed by atoms with Crippen LogP contribution in [0, 0.1) is 0 Å². The van der Waals surface area contributed by atoms with E-state index in [9.17, 15) is 0 Å². The highest BCUT2D eigenvalue weighted by molar-refractivity contribution is 7.17. The second-order valence-electron chi connectivity index (χ2n) is 5.76. The van der Waals surface area contributed by atoms with E-state index >= 15 is 0 Å². The summed E-state index contributed by atoms with van der Waals surface area (Å²) in [6, 6.07) is 11.5. The van der Waals surface area contributed by atoms with Crippen molar-refractivity contribution in [1.82, 2.24) is 5.43 Å². The number of hydrogen-bond acceptors (Lipinski definition) is 5. The molecule has 0 aliphatic heterocycles. The van der Waals surface area contributed by atoms with Crippen LogP contribution in [0.3, 0.4) is 0 Å². The Kier molecular flexibility index (Phi) is 7.10. The van der Waals surface area contributed by atoms with Gasteiger partial charge in [0, 0.05) is 52.1 Å². The van der Waals surface area contributed by atoms with Crippen molar-refractivity contribution in [2.24, 2.45) is 21.0 Å². The topological polar surface area (TPSA) is 75.1 Å². The molecule has 0 aliphatic carbocycles. The molecule has 2 aromatic heterocycles. The molecule has 0 unspecified atom stereocenters. The van der Waals surface area contributed by atoms with Crippen LogP contribution in [-0.4, -0.2) is 18.4 Å². The molecule has 2 heterocycles. The van der Waals surface area contributed by atoms with Gasteiger partial charge in [-0.1, -0.05) is 23.2 Å². The van der Waals surface area contributed by atoms with Gasteiger partial charge in [0.25, 0.3) is 0 Å². The van der Waals surface area contributed by atoms with Crippen LogP contribution in [-0.2, 0) is 0 Å². The molecule has 0 saturated heterocycles. The lowest BCUT2D eigenvalue weighted by molar-refractivity contribution is 0.994. The Morgan fingerprint density at radius 2 is 1.45 bits per heavy atom. The Morgan fingerprint density at radius 1 is 0.897 bits per heavy atom. The van der Waals surface area contributed by atoms with Crippen LogP contribution in [0.4, 0.5) is 0 Å². The number of rotatable bonds is 4. The molecule has 0 amide bonds. The van der Waals surface area contributed by atoms with Crippen molar-refractivity contribution < 1.29 is 0 Å². The zero-order chi connectivity index (χ0) is 19.5. The molecule has 0 radical (unpaired) electrons. The molecule has 148 valence electrons. The van der Waals surface area contributed by atoms with Crippen LogP contribution in [0.2, 0.25) is 10.0 Å². The summed E-state index contributed by atoms with van der Waals surface area (Å²) in [5.41, 5.74) is 10.3. The van der Waals surface area contributed by atoms with Crippen LogP contribution in [0.25, 0.3) is 20.2 Å². The van der Waals surface area contributed by atoms with E-state index in [0.717, 1.165) is 31.3 Å². The molecule has 2 aromatic carbocycles. The zero-order valence-corrected chi connectivity index (χ0v) is 18.6. The van der Waals surface area contributed by atoms with Crippen LogP contribution >= 0.6 is 58.3 Å². The van der Waals surface area contributed by atoms with Gasteiger partial charge >= 0.3 is 0 Å². The van der Waals surface area contributed by atoms with E-state index in [1.807, 2.05) is 47.2 Å². The molecule has 4 aromatic rings. The normalized spacial score (nSPS) is 12.3. The molecule has 4 rings (SSSR count). The second-order valence-corrected chi connectivity index (χ2v) is 8.46. The van der Waals surface area contributed by atoms with E-state index in [1.165, 1.54) is 0 Å². The maximum atomic E-state index is 6.06. The molecule has 3 N–H and O–H groups in total. The van der Waals surface area contributed by atoms with E-state index in [1.54, 1.807) is 35.1 Å². The minimum atomic E-state index is 0. The Labute approximate surface area is 191 Å². The van der Waals surface area contributed by atoms with Crippen molar-refractivity contribution in [1.29, 1.82) is 0 Å². The van der Waals surface area contributed by atoms with Crippen LogP contribution in [0.15, 0.2) is 62.5 Å². The van der Waals surface area contributed by atoms with Crippen LogP contribution in [0.1, 0.15) is 11.1 Å². The van der Waals surface area contributed by atoms with Gasteiger partial charge in [0.2, 0.25) is 5.96 Å². The summed E-state index contributed by atoms with van der Waals surface area (Å²) in [4.78, 5) is 0. The first-order valence-corrected chi connectivity index (χ1v) is 10.6. The smallest absolute Gasteiger partial charge is 0.234 e. The first-order chi connectivity index (χ1) is 13.6. The van der Waals surface area contributed by atoms with Gasteiger partial charge in [-0.3, -0.25) is 0 Å². The van der Waals surface area contributed by atoms with Crippen molar-refractivity contribution >= 4 is 96.8 Å². The lowest BCUT2D eigenvalue weighted by atomic mass is 10.2. The van der Waals surface area contributed by atoms with Crippen molar-refractivity contribution in [2.75, 3.05) is 0 Å². The van der Waals surface area contributed by atoms with Crippen molar-refractivity contribution in [3.8, 4) is 0 Å². The third-order valence-electron chi connectivity index (χ3n) is 3.88. The average Bonchev–Trinajstić information content (AvgIpc) is 3.26. The summed E-state index contributed by atoms with van der Waals surface area (Å²) in [6.07, 6.45) is 3.32. The number of guanidine groups is 1. The minimum Gasteiger partial charge on any atom is -0.367 e. The van der Waals surface area contributed by atoms with Gasteiger partial charge in [0.15, 0.2) is 0 Å². The highest BCUT2D eigenvalue weighted by atomic mass is 35.5. The third kappa shape index (κ3) is 5.07. The quantitative estimate of drug-likeness (QED) is 0.209. The minimum absolute atomic E-state index is 0. The molecule has 0 aliphatic rings. The summed E-state index contributed by atoms with van der Waals surface area (Å²) in [5, 5.41) is 19.5. The predicted octanol–water partition coefficient (Wildman–Crippen LogP) is 6.12. The molecule has 0 spiro atoms. The number of thiophene rings is 2. The van der Waals surface area contributed by atoms with E-state index in [-0.39, 0.29) is 18.4 Å². The summed E-state index contributed by atoms with van der Waals surface area (Å²) in [6.45, 7) is 0. The van der Waals surface area contributed by atoms with E-state index in [0.29, 0.717) is 10.0 Å². The van der Waals surface area contributed by atoms with Crippen molar-refractivity contribution in [3.05, 3.63) is 68.3 Å². The molecule has 10 heteroatoms. The molecule has 5 nitrogen and oxygen atoms in total. The van der Waals surface area contributed by atoms with E-state index < -0.39 is 0 Å². The number of hydrazone groups is 1. The molecule has 0 saturated carbocycles. The number of nitrogens with zero attached hydrogens (tertiary/aromatic N) is 3. The Morgan fingerprint density at radius 3 is 2.03 bits per heavy atom. The summed E-state index contributed by atoms with van der Waals surface area (Å²) in [5.74, 6) is 0.0858. The maximum Gasteiger partial charge on any atom is 0.234 e. The highest BCUT2D eigenvalue weighted by Gasteiger charge is 2.03. The van der Waals surface area contributed by atoms with Crippen molar-refractivity contribution in [2.45, 2.75) is 0 Å². The van der Waals surface area contributed by atoms with Gasteiger partial charge in [-0.05, 0) is 36.4 Å². The molecular weight excluding hydrogens is 469 g/mol. The van der Waals surface area contributed by atoms with Gasteiger partial charge in [-0.2, -0.15) is 10.2 Å². The first kappa shape index (κ1) is 21.5. The number of fused-ring (bicyclic) bond motifs is 2. The van der Waals surface area contributed by atoms with Gasteiger partial charge in [-0.25, -0.2) is 5.43 Å². The summed E-state index contributed by atoms with van der Waals surface area (Å²) in [7, 11) is 0. The van der Waals surface area contributed by atoms with E-state index in [4.69, 9.17) is 28.9 Å². The zero-order valence-electron chi connectivity index (χ0n) is 14.7. The average molecular weight is 483 g/mol. The predicted molar refractivity (Wildman–Crippen MR) is 131 cm³/mol. The lowest BCUT2D eigenvalue weighted by Gasteiger charge is -1.96. The second kappa shape index (κ2) is 9.56. The fourth-order valence-corrected chi connectivity index (χ4v) is 4.71. The fraction of sp³-hybridized carbons (Fsp3) is 0. The van der Waals surface area contributed by atoms with E-state index in [2.05, 4.69) is 20.7 Å². The Bertz CT molecular complexity index is 1240. The first-order valence-electron chi connectivity index (χ1n) is 8.09. The number of hydrogen-bond donors (Lipinski definition) is 2. The maximum absolute atomic E-state index is 6.06. The molecule has 0 fully saturated rings. The molecular formula is C19H14Cl3N5S2. The van der Waals surface area contributed by atoms with Crippen LogP contribution in [0.5, 0.6) is 0 Å². The Balaban J connectivity index is 0.00000240. The highest BCUT2D eigenvalue weighted by Crippen LogP contribution is 2.28. The number of benzene rings is 2. The number of halogens is 3. The molecule has 0 atom stereocenters. The van der Waals surface area contributed by atoms with Crippen LogP contribution < -0.4 is 11.2 Å². The fourth-order valence-electron chi connectivity index (χ4n) is 2.59. The van der Waals surface area contributed by atoms with Gasteiger partial charge in [0.05, 0.1) is 12.4 Å². The monoisotopic (exact) mass is 481 g/mol. The third-order valence-corrected chi connectivity index (χ3v) is 6.31. The molecule has 0 bridgehead atoms. The van der Waals surface area contributed by atoms with Crippen molar-refractivity contribution in [3.63, 3.8) is 0 Å². The SMILES string of the molecule is Cl.N/C(=N\N=C\c1csc2ccc(Cl)cc12)N/N=C/c1csc2ccc(Cl)cc12. The summed E-state index contributed by atoms with van der Waals surface area (Å²) < 4.78 is 2.27. The largest absolute Gasteiger partial charge is 0.367 e. The lowest BCUT2D eigenvalue weighted by Crippen LogP contribution is -2.26. The van der Waals surface area contributed by atoms with Gasteiger partial charge in [-0.15, -0.1) is 40.2 Å². The Hall–Kier alpha value is -2.16. The van der Waals surface area contributed by atoms with Gasteiger partial charge in [0.1, 0.15) is 0 Å². The summed E-state index contributed by atoms with van der Waals surface area (Å²) >= 11 is 15.4. The molecule has 29 heavy (non-hydrogen) atoms. The van der Waals surface area contributed by atoms with Gasteiger partial charge < -0.3 is 5.73 Å². The number of nitrogens with two attached hydrogens (primary N) is 1. The number of nitrogens with one attached hydrogen (secondary N) is 1. The standard InChI is InChI=1S/C19H13Cl2N5S2.ClH/c20-13-1-3-17-15(5-13)11(9-27-17)7-23-25-19(22)26-24-8-12-10-28-18-4-2-14(21)6-16(12)18;/h1-10H,(H3,22,25,26);1H/b23-7+,24-8+;.